The molecule has 48 valence electrons. The molecule has 1 aliphatic rings. The summed E-state index contributed by atoms with van der Waals surface area (Å²) in [6.07, 6.45) is -1.91. The van der Waals surface area contributed by atoms with Crippen LogP contribution in [0.4, 0.5) is 13.2 Å². The van der Waals surface area contributed by atoms with E-state index >= 15 is 0 Å². The minimum Gasteiger partial charge on any atom is -0.232 e. The summed E-state index contributed by atoms with van der Waals surface area (Å²) < 4.78 is 34.5. The van der Waals surface area contributed by atoms with Gasteiger partial charge in [0.05, 0.1) is 0 Å². The molecule has 0 aliphatic carbocycles. The average Bonchev–Trinajstić information content (AvgIpc) is 2.08. The molecule has 2 radical (unpaired) electrons. The topological polar surface area (TPSA) is 26.5 Å². The van der Waals surface area contributed by atoms with Crippen LogP contribution in [-0.4, -0.2) is 12.5 Å². The van der Waals surface area contributed by atoms with Gasteiger partial charge in [0.15, 0.2) is 5.70 Å². The van der Waals surface area contributed by atoms with Crippen molar-refractivity contribution in [2.24, 2.45) is 4.99 Å². The molecule has 0 bridgehead atoms. The van der Waals surface area contributed by atoms with E-state index in [1.165, 1.54) is 0 Å². The molecule has 0 atom stereocenters. The molecule has 2 nitrogen and oxygen atoms in total. The second-order valence-electron chi connectivity index (χ2n) is 1.33. The average molecular weight is 134 g/mol. The van der Waals surface area contributed by atoms with Crippen LogP contribution < -0.4 is 5.32 Å². The Morgan fingerprint density at radius 1 is 1.44 bits per heavy atom. The molecule has 1 aliphatic heterocycles. The quantitative estimate of drug-likeness (QED) is 0.469. The molecule has 0 aromatic rings. The maximum absolute atomic E-state index is 11.5. The van der Waals surface area contributed by atoms with Gasteiger partial charge in [-0.2, -0.15) is 13.2 Å². The molecular formula is C4HF3N2. The van der Waals surface area contributed by atoms with Gasteiger partial charge in [-0.25, -0.2) is 10.3 Å². The lowest BCUT2D eigenvalue weighted by Gasteiger charge is -1.99. The monoisotopic (exact) mass is 134 g/mol. The van der Waals surface area contributed by atoms with Crippen LogP contribution in [0.3, 0.4) is 0 Å². The van der Waals surface area contributed by atoms with E-state index in [0.717, 1.165) is 6.34 Å². The van der Waals surface area contributed by atoms with Crippen molar-refractivity contribution in [1.29, 1.82) is 0 Å². The predicted octanol–water partition coefficient (Wildman–Crippen LogP) is 0.840. The van der Waals surface area contributed by atoms with Crippen LogP contribution in [0, 0.1) is 6.20 Å². The first kappa shape index (κ1) is 6.12. The van der Waals surface area contributed by atoms with Gasteiger partial charge in [0, 0.05) is 0 Å². The summed E-state index contributed by atoms with van der Waals surface area (Å²) in [4.78, 5) is 2.90. The molecule has 0 unspecified atom stereocenters. The number of aliphatic imine (C=N–C) groups is 1. The summed E-state index contributed by atoms with van der Waals surface area (Å²) in [6, 6.07) is 0. The molecule has 0 aromatic heterocycles. The highest BCUT2D eigenvalue weighted by Gasteiger charge is 2.35. The molecule has 0 fully saturated rings. The van der Waals surface area contributed by atoms with Gasteiger partial charge in [-0.1, -0.05) is 0 Å². The molecule has 1 rings (SSSR count). The number of allylic oxidation sites excluding steroid dienone is 1. The molecular weight excluding hydrogens is 133 g/mol. The van der Waals surface area contributed by atoms with E-state index in [1.807, 2.05) is 0 Å². The first-order chi connectivity index (χ1) is 4.11. The minimum absolute atomic E-state index is 0.808. The molecule has 0 saturated heterocycles. The number of alkyl halides is 3. The third-order valence-corrected chi connectivity index (χ3v) is 0.684. The van der Waals surface area contributed by atoms with E-state index in [2.05, 4.69) is 10.3 Å². The van der Waals surface area contributed by atoms with Crippen molar-refractivity contribution in [3.63, 3.8) is 0 Å². The molecule has 0 amide bonds. The maximum atomic E-state index is 11.5. The van der Waals surface area contributed by atoms with Crippen molar-refractivity contribution in [1.82, 2.24) is 5.32 Å². The van der Waals surface area contributed by atoms with Gasteiger partial charge in [-0.05, 0) is 0 Å². The van der Waals surface area contributed by atoms with Crippen molar-refractivity contribution in [2.75, 3.05) is 0 Å². The third-order valence-electron chi connectivity index (χ3n) is 0.684. The lowest BCUT2D eigenvalue weighted by Crippen LogP contribution is -2.08. The number of rotatable bonds is 0. The van der Waals surface area contributed by atoms with Crippen LogP contribution in [0.5, 0.6) is 0 Å². The molecule has 9 heavy (non-hydrogen) atoms. The Hall–Kier alpha value is -1.00. The molecule has 0 spiro atoms. The van der Waals surface area contributed by atoms with Crippen LogP contribution in [0.15, 0.2) is 10.7 Å². The Kier molecular flexibility index (Phi) is 1.19. The fraction of sp³-hybridized carbons (Fsp3) is 0.250. The normalized spacial score (nSPS) is 17.4. The number of hydrogen-bond acceptors (Lipinski definition) is 1. The summed E-state index contributed by atoms with van der Waals surface area (Å²) in [5, 5.41) is 3.03. The van der Waals surface area contributed by atoms with Crippen molar-refractivity contribution in [2.45, 2.75) is 6.18 Å². The van der Waals surface area contributed by atoms with E-state index in [4.69, 9.17) is 0 Å². The van der Waals surface area contributed by atoms with Crippen LogP contribution in [0.1, 0.15) is 0 Å². The SMILES string of the molecule is FC(F)(F)C1=[C][N]C=N1. The summed E-state index contributed by atoms with van der Waals surface area (Å²) in [5.41, 5.74) is -1.07. The smallest absolute Gasteiger partial charge is 0.232 e. The standard InChI is InChI=1S/C4HF3N2/c5-4(6,7)3-1-8-2-9-3/h2H. The van der Waals surface area contributed by atoms with E-state index in [0.29, 0.717) is 0 Å². The fourth-order valence-electron chi connectivity index (χ4n) is 0.342. The summed E-state index contributed by atoms with van der Waals surface area (Å²) >= 11 is 0. The van der Waals surface area contributed by atoms with Crippen molar-refractivity contribution in [3.8, 4) is 0 Å². The van der Waals surface area contributed by atoms with Crippen LogP contribution in [-0.2, 0) is 0 Å². The second kappa shape index (κ2) is 1.75. The van der Waals surface area contributed by atoms with Crippen LogP contribution >= 0.6 is 0 Å². The lowest BCUT2D eigenvalue weighted by molar-refractivity contribution is -0.0926. The molecule has 0 saturated carbocycles. The zero-order chi connectivity index (χ0) is 6.91. The van der Waals surface area contributed by atoms with E-state index < -0.39 is 11.9 Å². The Balaban J connectivity index is 2.73. The summed E-state index contributed by atoms with van der Waals surface area (Å²) in [6.45, 7) is 0. The first-order valence-electron chi connectivity index (χ1n) is 2.03. The summed E-state index contributed by atoms with van der Waals surface area (Å²) in [7, 11) is 0. The van der Waals surface area contributed by atoms with Gasteiger partial charge in [0.25, 0.3) is 0 Å². The minimum atomic E-state index is -4.41. The van der Waals surface area contributed by atoms with E-state index in [9.17, 15) is 13.2 Å². The highest BCUT2D eigenvalue weighted by molar-refractivity contribution is 5.59. The van der Waals surface area contributed by atoms with Crippen LogP contribution in [0.2, 0.25) is 0 Å². The fourth-order valence-corrected chi connectivity index (χ4v) is 0.342. The van der Waals surface area contributed by atoms with Crippen molar-refractivity contribution in [3.05, 3.63) is 11.9 Å². The Morgan fingerprint density at radius 3 is 2.33 bits per heavy atom. The number of nitrogens with zero attached hydrogens (tertiary/aromatic N) is 2. The van der Waals surface area contributed by atoms with Gasteiger partial charge in [0.1, 0.15) is 12.5 Å². The largest absolute Gasteiger partial charge is 0.435 e. The zero-order valence-electron chi connectivity index (χ0n) is 4.11. The van der Waals surface area contributed by atoms with E-state index in [1.54, 1.807) is 6.20 Å². The van der Waals surface area contributed by atoms with Crippen LogP contribution in [0.25, 0.3) is 0 Å². The molecule has 0 aromatic carbocycles. The number of halogens is 3. The lowest BCUT2D eigenvalue weighted by atomic mass is 10.5. The Bertz CT molecular complexity index is 167. The molecule has 0 N–H and O–H groups in total. The van der Waals surface area contributed by atoms with Gasteiger partial charge < -0.3 is 0 Å². The zero-order valence-corrected chi connectivity index (χ0v) is 4.11. The van der Waals surface area contributed by atoms with Gasteiger partial charge in [0.2, 0.25) is 0 Å². The van der Waals surface area contributed by atoms with Gasteiger partial charge >= 0.3 is 6.18 Å². The predicted molar refractivity (Wildman–Crippen MR) is 23.4 cm³/mol. The van der Waals surface area contributed by atoms with Gasteiger partial charge in [-0.15, -0.1) is 0 Å². The number of hydrogen-bond donors (Lipinski definition) is 0. The first-order valence-corrected chi connectivity index (χ1v) is 2.03. The third kappa shape index (κ3) is 1.22. The van der Waals surface area contributed by atoms with Crippen molar-refractivity contribution < 1.29 is 13.2 Å². The molecule has 5 heteroatoms. The van der Waals surface area contributed by atoms with Crippen molar-refractivity contribution >= 4 is 6.34 Å². The highest BCUT2D eigenvalue weighted by atomic mass is 19.4. The maximum Gasteiger partial charge on any atom is 0.435 e. The Morgan fingerprint density at radius 2 is 2.11 bits per heavy atom. The molecule has 1 heterocycles. The van der Waals surface area contributed by atoms with Gasteiger partial charge in [-0.3, -0.25) is 0 Å². The second-order valence-corrected chi connectivity index (χ2v) is 1.33. The highest BCUT2D eigenvalue weighted by Crippen LogP contribution is 2.26. The summed E-state index contributed by atoms with van der Waals surface area (Å²) in [5.74, 6) is 0. The van der Waals surface area contributed by atoms with E-state index in [-0.39, 0.29) is 0 Å². The Labute approximate surface area is 49.1 Å².